The predicted molar refractivity (Wildman–Crippen MR) is 179 cm³/mol. The average Bonchev–Trinajstić information content (AvgIpc) is 3.50. The van der Waals surface area contributed by atoms with Gasteiger partial charge in [0.2, 0.25) is 0 Å². The Labute approximate surface area is 246 Å². The van der Waals surface area contributed by atoms with Gasteiger partial charge in [-0.25, -0.2) is 0 Å². The molecule has 0 unspecified atom stereocenters. The van der Waals surface area contributed by atoms with E-state index in [4.69, 9.17) is 0 Å². The van der Waals surface area contributed by atoms with E-state index in [1.807, 2.05) is 27.7 Å². The molecule has 0 spiro atoms. The average molecular weight is 538 g/mol. The zero-order valence-electron chi connectivity index (χ0n) is 25.8. The summed E-state index contributed by atoms with van der Waals surface area (Å²) in [7, 11) is 2.16. The highest BCUT2D eigenvalue weighted by Gasteiger charge is 2.22. The fraction of sp³-hybridized carbons (Fsp3) is 0.250. The fourth-order valence-electron chi connectivity index (χ4n) is 6.57. The van der Waals surface area contributed by atoms with Crippen molar-refractivity contribution in [1.82, 2.24) is 4.57 Å². The van der Waals surface area contributed by atoms with Crippen LogP contribution in [0.4, 0.5) is 0 Å². The Kier molecular flexibility index (Phi) is 8.45. The molecule has 0 fully saturated rings. The normalized spacial score (nSPS) is 11.4. The molecule has 1 heterocycles. The van der Waals surface area contributed by atoms with Crippen molar-refractivity contribution in [3.05, 3.63) is 142 Å². The van der Waals surface area contributed by atoms with Crippen LogP contribution in [0.3, 0.4) is 0 Å². The molecule has 0 N–H and O–H groups in total. The molecule has 0 amide bonds. The van der Waals surface area contributed by atoms with Crippen molar-refractivity contribution in [3.63, 3.8) is 0 Å². The molecule has 0 atom stereocenters. The van der Waals surface area contributed by atoms with E-state index in [0.29, 0.717) is 0 Å². The molecule has 0 radical (unpaired) electrons. The van der Waals surface area contributed by atoms with Crippen molar-refractivity contribution in [2.75, 3.05) is 0 Å². The Morgan fingerprint density at radius 1 is 0.561 bits per heavy atom. The second-order valence-corrected chi connectivity index (χ2v) is 10.9. The third-order valence-electron chi connectivity index (χ3n) is 8.12. The molecule has 0 saturated carbocycles. The second-order valence-electron chi connectivity index (χ2n) is 10.9. The van der Waals surface area contributed by atoms with Gasteiger partial charge in [-0.05, 0) is 95.8 Å². The van der Waals surface area contributed by atoms with Crippen molar-refractivity contribution in [2.24, 2.45) is 7.05 Å². The van der Waals surface area contributed by atoms with Crippen molar-refractivity contribution in [1.29, 1.82) is 0 Å². The summed E-state index contributed by atoms with van der Waals surface area (Å²) < 4.78 is 2.30. The van der Waals surface area contributed by atoms with Crippen molar-refractivity contribution < 1.29 is 0 Å². The number of benzene rings is 5. The molecule has 5 aromatic carbocycles. The van der Waals surface area contributed by atoms with Crippen LogP contribution in [-0.4, -0.2) is 4.57 Å². The Morgan fingerprint density at radius 3 is 2.02 bits per heavy atom. The summed E-state index contributed by atoms with van der Waals surface area (Å²) in [6, 6.07) is 36.7. The van der Waals surface area contributed by atoms with Crippen LogP contribution in [0.5, 0.6) is 0 Å². The lowest BCUT2D eigenvalue weighted by molar-refractivity contribution is 1.01. The maximum atomic E-state index is 2.46. The largest absolute Gasteiger partial charge is 0.344 e. The van der Waals surface area contributed by atoms with Crippen LogP contribution < -0.4 is 0 Å². The van der Waals surface area contributed by atoms with Crippen molar-refractivity contribution >= 4 is 21.8 Å². The number of rotatable bonds is 4. The van der Waals surface area contributed by atoms with E-state index < -0.39 is 0 Å². The molecular formula is C40H43N. The summed E-state index contributed by atoms with van der Waals surface area (Å²) in [6.45, 7) is 12.4. The minimum atomic E-state index is 0.945. The van der Waals surface area contributed by atoms with Crippen LogP contribution in [0, 0.1) is 13.8 Å². The smallest absolute Gasteiger partial charge is 0.0488 e. The van der Waals surface area contributed by atoms with E-state index >= 15 is 0 Å². The highest BCUT2D eigenvalue weighted by atomic mass is 14.9. The lowest BCUT2D eigenvalue weighted by atomic mass is 9.92. The standard InChI is InChI=1S/C36H31N.2C2H6/c1-23-15-24(2)17-27(16-23)19-29-7-6-8-30-22-28-13-11-25(20-32(28)36(29)30)18-26-12-14-35-33(21-26)31-9-4-5-10-34(31)37(35)3;2*1-2/h4-17,20-21H,18-19,22H2,1-3H3;2*1-2H3. The SMILES string of the molecule is CC.CC.Cc1cc(C)cc(Cc2cccc3c2-c2cc(Cc4ccc5c(c4)c4ccccc4n5C)ccc2C3)c1. The van der Waals surface area contributed by atoms with Gasteiger partial charge in [0, 0.05) is 28.9 Å². The number of aromatic nitrogens is 1. The first-order valence-electron chi connectivity index (χ1n) is 15.3. The minimum absolute atomic E-state index is 0.945. The van der Waals surface area contributed by atoms with E-state index in [1.165, 1.54) is 77.4 Å². The van der Waals surface area contributed by atoms with Gasteiger partial charge >= 0.3 is 0 Å². The molecule has 1 aliphatic rings. The minimum Gasteiger partial charge on any atom is -0.344 e. The maximum absolute atomic E-state index is 2.46. The third kappa shape index (κ3) is 5.46. The zero-order valence-corrected chi connectivity index (χ0v) is 25.8. The topological polar surface area (TPSA) is 4.93 Å². The molecule has 208 valence electrons. The Hall–Kier alpha value is -4.10. The maximum Gasteiger partial charge on any atom is 0.0488 e. The summed E-state index contributed by atoms with van der Waals surface area (Å²) >= 11 is 0. The molecule has 6 aromatic rings. The lowest BCUT2D eigenvalue weighted by Gasteiger charge is -2.12. The molecule has 7 rings (SSSR count). The highest BCUT2D eigenvalue weighted by molar-refractivity contribution is 6.08. The molecule has 1 aromatic heterocycles. The van der Waals surface area contributed by atoms with Crippen LogP contribution in [0.1, 0.15) is 72.2 Å². The molecule has 0 aliphatic heterocycles. The van der Waals surface area contributed by atoms with Crippen LogP contribution in [-0.2, 0) is 26.3 Å². The van der Waals surface area contributed by atoms with E-state index in [0.717, 1.165) is 19.3 Å². The van der Waals surface area contributed by atoms with E-state index in [9.17, 15) is 0 Å². The summed E-state index contributed by atoms with van der Waals surface area (Å²) in [5.74, 6) is 0. The molecule has 1 nitrogen and oxygen atoms in total. The number of para-hydroxylation sites is 1. The second kappa shape index (κ2) is 12.2. The van der Waals surface area contributed by atoms with Gasteiger partial charge in [0.05, 0.1) is 0 Å². The number of fused-ring (bicyclic) bond motifs is 6. The van der Waals surface area contributed by atoms with Crippen LogP contribution in [0.15, 0.2) is 97.1 Å². The third-order valence-corrected chi connectivity index (χ3v) is 8.12. The monoisotopic (exact) mass is 537 g/mol. The zero-order chi connectivity index (χ0) is 29.1. The van der Waals surface area contributed by atoms with Gasteiger partial charge in [0.1, 0.15) is 0 Å². The fourth-order valence-corrected chi connectivity index (χ4v) is 6.57. The molecule has 41 heavy (non-hydrogen) atoms. The van der Waals surface area contributed by atoms with E-state index in [1.54, 1.807) is 0 Å². The lowest BCUT2D eigenvalue weighted by Crippen LogP contribution is -1.95. The first-order valence-corrected chi connectivity index (χ1v) is 15.3. The van der Waals surface area contributed by atoms with Gasteiger partial charge in [-0.3, -0.25) is 0 Å². The predicted octanol–water partition coefficient (Wildman–Crippen LogP) is 10.8. The van der Waals surface area contributed by atoms with Crippen LogP contribution >= 0.6 is 0 Å². The Balaban J connectivity index is 0.000000810. The van der Waals surface area contributed by atoms with Gasteiger partial charge in [-0.15, -0.1) is 0 Å². The summed E-state index contributed by atoms with van der Waals surface area (Å²) in [5, 5.41) is 2.68. The number of hydrogen-bond acceptors (Lipinski definition) is 0. The molecular weight excluding hydrogens is 494 g/mol. The molecule has 1 aliphatic carbocycles. The molecule has 1 heteroatoms. The van der Waals surface area contributed by atoms with Gasteiger partial charge < -0.3 is 4.57 Å². The van der Waals surface area contributed by atoms with Crippen molar-refractivity contribution in [3.8, 4) is 11.1 Å². The van der Waals surface area contributed by atoms with E-state index in [-0.39, 0.29) is 0 Å². The summed E-state index contributed by atoms with van der Waals surface area (Å²) in [5.41, 5.74) is 16.7. The summed E-state index contributed by atoms with van der Waals surface area (Å²) in [4.78, 5) is 0. The first-order chi connectivity index (χ1) is 20.0. The number of aryl methyl sites for hydroxylation is 3. The van der Waals surface area contributed by atoms with Gasteiger partial charge in [0.15, 0.2) is 0 Å². The highest BCUT2D eigenvalue weighted by Crippen LogP contribution is 2.41. The Bertz CT molecular complexity index is 1810. The van der Waals surface area contributed by atoms with Crippen LogP contribution in [0.2, 0.25) is 0 Å². The van der Waals surface area contributed by atoms with Gasteiger partial charge in [-0.2, -0.15) is 0 Å². The first kappa shape index (κ1) is 28.4. The van der Waals surface area contributed by atoms with Crippen molar-refractivity contribution in [2.45, 2.75) is 60.8 Å². The molecule has 0 bridgehead atoms. The Morgan fingerprint density at radius 2 is 1.24 bits per heavy atom. The summed E-state index contributed by atoms with van der Waals surface area (Å²) in [6.07, 6.45) is 2.96. The number of nitrogens with zero attached hydrogens (tertiary/aromatic N) is 1. The molecule has 0 saturated heterocycles. The van der Waals surface area contributed by atoms with E-state index in [2.05, 4.69) is 123 Å². The van der Waals surface area contributed by atoms with Crippen LogP contribution in [0.25, 0.3) is 32.9 Å². The van der Waals surface area contributed by atoms with Gasteiger partial charge in [-0.1, -0.05) is 118 Å². The quantitative estimate of drug-likeness (QED) is 0.210. The van der Waals surface area contributed by atoms with Gasteiger partial charge in [0.25, 0.3) is 0 Å². The number of hydrogen-bond donors (Lipinski definition) is 0.